The summed E-state index contributed by atoms with van der Waals surface area (Å²) < 4.78 is 29.3. The zero-order valence-corrected chi connectivity index (χ0v) is 15.8. The summed E-state index contributed by atoms with van der Waals surface area (Å²) in [7, 11) is -3.52. The van der Waals surface area contributed by atoms with Crippen molar-refractivity contribution in [2.45, 2.75) is 25.7 Å². The Kier molecular flexibility index (Phi) is 5.97. The first-order valence-electron chi connectivity index (χ1n) is 7.70. The highest BCUT2D eigenvalue weighted by Gasteiger charge is 2.22. The van der Waals surface area contributed by atoms with Gasteiger partial charge in [-0.1, -0.05) is 19.1 Å². The molecular formula is C17H19NO5S2. The molecule has 1 amide bonds. The van der Waals surface area contributed by atoms with Gasteiger partial charge in [-0.25, -0.2) is 13.2 Å². The molecule has 0 radical (unpaired) electrons. The third kappa shape index (κ3) is 4.26. The van der Waals surface area contributed by atoms with Crippen molar-refractivity contribution in [1.29, 1.82) is 0 Å². The molecule has 134 valence electrons. The normalized spacial score (nSPS) is 11.2. The van der Waals surface area contributed by atoms with Crippen LogP contribution in [0.3, 0.4) is 0 Å². The van der Waals surface area contributed by atoms with Gasteiger partial charge in [0.15, 0.2) is 9.84 Å². The van der Waals surface area contributed by atoms with Crippen molar-refractivity contribution in [3.05, 3.63) is 46.3 Å². The van der Waals surface area contributed by atoms with Crippen LogP contribution in [0, 0.1) is 6.92 Å². The molecule has 0 aliphatic heterocycles. The summed E-state index contributed by atoms with van der Waals surface area (Å²) in [6.45, 7) is 5.25. The number of hydrogen-bond acceptors (Lipinski definition) is 6. The third-order valence-corrected chi connectivity index (χ3v) is 6.38. The first-order chi connectivity index (χ1) is 11.8. The minimum absolute atomic E-state index is 0.00565. The minimum Gasteiger partial charge on any atom is -0.462 e. The van der Waals surface area contributed by atoms with Crippen LogP contribution < -0.4 is 5.32 Å². The molecule has 0 aliphatic carbocycles. The first-order valence-corrected chi connectivity index (χ1v) is 10.2. The van der Waals surface area contributed by atoms with Gasteiger partial charge >= 0.3 is 5.97 Å². The number of amides is 1. The molecule has 8 heteroatoms. The largest absolute Gasteiger partial charge is 0.462 e. The molecule has 1 N–H and O–H groups in total. The summed E-state index contributed by atoms with van der Waals surface area (Å²) in [5.41, 5.74) is 0.765. The number of benzene rings is 1. The number of anilines is 1. The van der Waals surface area contributed by atoms with Crippen molar-refractivity contribution in [2.24, 2.45) is 0 Å². The quantitative estimate of drug-likeness (QED) is 0.776. The van der Waals surface area contributed by atoms with Gasteiger partial charge < -0.3 is 10.1 Å². The van der Waals surface area contributed by atoms with E-state index in [1.807, 2.05) is 0 Å². The van der Waals surface area contributed by atoms with Crippen molar-refractivity contribution in [3.8, 4) is 0 Å². The molecule has 6 nitrogen and oxygen atoms in total. The summed E-state index contributed by atoms with van der Waals surface area (Å²) in [5.74, 6) is -1.08. The Morgan fingerprint density at radius 3 is 2.52 bits per heavy atom. The number of ether oxygens (including phenoxy) is 1. The number of nitrogens with one attached hydrogen (secondary N) is 1. The Balaban J connectivity index is 2.30. The van der Waals surface area contributed by atoms with E-state index in [0.29, 0.717) is 15.4 Å². The molecule has 0 saturated carbocycles. The number of carbonyl (C=O) groups excluding carboxylic acids is 2. The lowest BCUT2D eigenvalue weighted by molar-refractivity contribution is 0.0531. The molecule has 0 saturated heterocycles. The maximum atomic E-state index is 12.5. The summed E-state index contributed by atoms with van der Waals surface area (Å²) in [5, 5.41) is 3.11. The zero-order valence-electron chi connectivity index (χ0n) is 14.2. The second-order valence-corrected chi connectivity index (χ2v) is 8.50. The van der Waals surface area contributed by atoms with Crippen LogP contribution in [0.15, 0.2) is 35.2 Å². The van der Waals surface area contributed by atoms with Crippen LogP contribution >= 0.6 is 11.3 Å². The van der Waals surface area contributed by atoms with E-state index < -0.39 is 21.7 Å². The summed E-state index contributed by atoms with van der Waals surface area (Å²) in [4.78, 5) is 24.8. The monoisotopic (exact) mass is 381 g/mol. The van der Waals surface area contributed by atoms with E-state index in [1.165, 1.54) is 19.1 Å². The van der Waals surface area contributed by atoms with E-state index in [-0.39, 0.29) is 22.8 Å². The van der Waals surface area contributed by atoms with Gasteiger partial charge in [0.1, 0.15) is 4.88 Å². The smallest absolute Gasteiger partial charge is 0.348 e. The summed E-state index contributed by atoms with van der Waals surface area (Å²) in [6, 6.07) is 7.72. The Labute approximate surface area is 150 Å². The number of hydrogen-bond donors (Lipinski definition) is 1. The minimum atomic E-state index is -3.52. The molecule has 0 unspecified atom stereocenters. The van der Waals surface area contributed by atoms with E-state index in [4.69, 9.17) is 4.74 Å². The highest BCUT2D eigenvalue weighted by molar-refractivity contribution is 7.91. The molecular weight excluding hydrogens is 362 g/mol. The number of thiophene rings is 1. The fourth-order valence-corrected chi connectivity index (χ4v) is 4.26. The maximum Gasteiger partial charge on any atom is 0.348 e. The van der Waals surface area contributed by atoms with Gasteiger partial charge in [-0.15, -0.1) is 11.3 Å². The first kappa shape index (κ1) is 19.1. The van der Waals surface area contributed by atoms with Gasteiger partial charge in [-0.05, 0) is 37.6 Å². The fourth-order valence-electron chi connectivity index (χ4n) is 2.20. The maximum absolute atomic E-state index is 12.5. The Morgan fingerprint density at radius 1 is 1.20 bits per heavy atom. The second kappa shape index (κ2) is 7.79. The van der Waals surface area contributed by atoms with Crippen LogP contribution in [0.1, 0.15) is 39.4 Å². The number of carbonyl (C=O) groups is 2. The fraction of sp³-hybridized carbons (Fsp3) is 0.294. The van der Waals surface area contributed by atoms with E-state index in [1.54, 1.807) is 32.0 Å². The standard InChI is InChI=1S/C17H19NO5S2/c1-4-23-17(20)15-11(3)10-14(24-15)18-16(19)12-8-6-7-9-13(12)25(21,22)5-2/h6-10H,4-5H2,1-3H3,(H,18,19). The van der Waals surface area contributed by atoms with Gasteiger partial charge in [0.2, 0.25) is 0 Å². The van der Waals surface area contributed by atoms with Crippen LogP contribution in [-0.4, -0.2) is 32.7 Å². The number of rotatable bonds is 6. The summed E-state index contributed by atoms with van der Waals surface area (Å²) in [6.07, 6.45) is 0. The zero-order chi connectivity index (χ0) is 18.6. The average molecular weight is 381 g/mol. The third-order valence-electron chi connectivity index (χ3n) is 3.46. The van der Waals surface area contributed by atoms with E-state index >= 15 is 0 Å². The molecule has 25 heavy (non-hydrogen) atoms. The topological polar surface area (TPSA) is 89.5 Å². The SMILES string of the molecule is CCOC(=O)c1sc(NC(=O)c2ccccc2S(=O)(=O)CC)cc1C. The van der Waals surface area contributed by atoms with Crippen LogP contribution in [-0.2, 0) is 14.6 Å². The number of sulfone groups is 1. The van der Waals surface area contributed by atoms with E-state index in [2.05, 4.69) is 5.32 Å². The molecule has 0 atom stereocenters. The highest BCUT2D eigenvalue weighted by atomic mass is 32.2. The predicted octanol–water partition coefficient (Wildman–Crippen LogP) is 3.28. The molecule has 2 aromatic rings. The van der Waals surface area contributed by atoms with Crippen LogP contribution in [0.5, 0.6) is 0 Å². The van der Waals surface area contributed by atoms with Gasteiger partial charge in [-0.2, -0.15) is 0 Å². The number of aryl methyl sites for hydroxylation is 1. The van der Waals surface area contributed by atoms with Gasteiger partial charge in [-0.3, -0.25) is 4.79 Å². The molecule has 2 rings (SSSR count). The van der Waals surface area contributed by atoms with E-state index in [0.717, 1.165) is 11.3 Å². The molecule has 0 fully saturated rings. The lowest BCUT2D eigenvalue weighted by atomic mass is 10.2. The molecule has 0 aliphatic rings. The van der Waals surface area contributed by atoms with E-state index in [9.17, 15) is 18.0 Å². The van der Waals surface area contributed by atoms with Crippen molar-refractivity contribution < 1.29 is 22.7 Å². The van der Waals surface area contributed by atoms with Crippen molar-refractivity contribution in [3.63, 3.8) is 0 Å². The lowest BCUT2D eigenvalue weighted by Gasteiger charge is -2.08. The van der Waals surface area contributed by atoms with Crippen LogP contribution in [0.2, 0.25) is 0 Å². The molecule has 1 aromatic heterocycles. The lowest BCUT2D eigenvalue weighted by Crippen LogP contribution is -2.16. The van der Waals surface area contributed by atoms with Crippen LogP contribution in [0.25, 0.3) is 0 Å². The molecule has 1 aromatic carbocycles. The average Bonchev–Trinajstić information content (AvgIpc) is 2.95. The van der Waals surface area contributed by atoms with Gasteiger partial charge in [0.25, 0.3) is 5.91 Å². The van der Waals surface area contributed by atoms with Crippen molar-refractivity contribution in [2.75, 3.05) is 17.7 Å². The summed E-state index contributed by atoms with van der Waals surface area (Å²) >= 11 is 1.09. The second-order valence-electron chi connectivity index (χ2n) is 5.20. The highest BCUT2D eigenvalue weighted by Crippen LogP contribution is 2.28. The predicted molar refractivity (Wildman–Crippen MR) is 97.1 cm³/mol. The van der Waals surface area contributed by atoms with Gasteiger partial charge in [0.05, 0.1) is 27.8 Å². The Bertz CT molecular complexity index is 900. The molecule has 0 bridgehead atoms. The number of esters is 1. The van der Waals surface area contributed by atoms with Crippen LogP contribution in [0.4, 0.5) is 5.00 Å². The van der Waals surface area contributed by atoms with Crippen molar-refractivity contribution in [1.82, 2.24) is 0 Å². The Hall–Kier alpha value is -2.19. The molecule has 0 spiro atoms. The van der Waals surface area contributed by atoms with Gasteiger partial charge in [0, 0.05) is 0 Å². The van der Waals surface area contributed by atoms with Crippen molar-refractivity contribution >= 4 is 38.1 Å². The molecule has 1 heterocycles. The Morgan fingerprint density at radius 2 is 1.88 bits per heavy atom.